The van der Waals surface area contributed by atoms with Crippen LogP contribution in [0.3, 0.4) is 0 Å². The molecule has 0 saturated heterocycles. The number of rotatable bonds is 4. The van der Waals surface area contributed by atoms with Gasteiger partial charge in [0.25, 0.3) is 0 Å². The number of fused-ring (bicyclic) bond motifs is 1. The summed E-state index contributed by atoms with van der Waals surface area (Å²) in [5.41, 5.74) is 0.859. The Balaban J connectivity index is 2.10. The molecule has 112 valence electrons. The molecule has 1 aliphatic carbocycles. The number of aliphatic carboxylic acids is 1. The minimum absolute atomic E-state index is 0.0653. The Bertz CT molecular complexity index is 691. The predicted octanol–water partition coefficient (Wildman–Crippen LogP) is 3.45. The lowest BCUT2D eigenvalue weighted by Gasteiger charge is -2.12. The molecule has 2 aromatic rings. The highest BCUT2D eigenvalue weighted by Crippen LogP contribution is 2.35. The van der Waals surface area contributed by atoms with Gasteiger partial charge in [-0.1, -0.05) is 12.8 Å². The van der Waals surface area contributed by atoms with E-state index < -0.39 is 17.6 Å². The molecule has 21 heavy (non-hydrogen) atoms. The second-order valence-electron chi connectivity index (χ2n) is 5.50. The van der Waals surface area contributed by atoms with Crippen LogP contribution in [0.5, 0.6) is 0 Å². The number of imidazole rings is 1. The molecule has 1 N–H and O–H groups in total. The number of hydrogen-bond acceptors (Lipinski definition) is 2. The predicted molar refractivity (Wildman–Crippen MR) is 73.1 cm³/mol. The van der Waals surface area contributed by atoms with Gasteiger partial charge in [0.1, 0.15) is 5.82 Å². The van der Waals surface area contributed by atoms with Crippen molar-refractivity contribution in [2.75, 3.05) is 0 Å². The topological polar surface area (TPSA) is 55.1 Å². The van der Waals surface area contributed by atoms with Crippen molar-refractivity contribution in [1.82, 2.24) is 9.55 Å². The van der Waals surface area contributed by atoms with Gasteiger partial charge in [0.05, 0.1) is 17.5 Å². The molecule has 0 unspecified atom stereocenters. The number of carboxylic acids is 1. The zero-order valence-corrected chi connectivity index (χ0v) is 11.5. The molecule has 1 heterocycles. The Morgan fingerprint density at radius 1 is 1.29 bits per heavy atom. The molecule has 1 aromatic carbocycles. The summed E-state index contributed by atoms with van der Waals surface area (Å²) < 4.78 is 28.6. The SMILES string of the molecule is O=C(O)CCn1c(C2CCCC2)nc2cc(F)c(F)cc21. The molecule has 1 aromatic heterocycles. The molecular weight excluding hydrogens is 278 g/mol. The molecule has 1 fully saturated rings. The average molecular weight is 294 g/mol. The third-order valence-corrected chi connectivity index (χ3v) is 4.09. The number of aryl methyl sites for hydroxylation is 1. The van der Waals surface area contributed by atoms with E-state index in [1.165, 1.54) is 0 Å². The van der Waals surface area contributed by atoms with Crippen LogP contribution in [-0.4, -0.2) is 20.6 Å². The zero-order chi connectivity index (χ0) is 15.0. The van der Waals surface area contributed by atoms with E-state index in [-0.39, 0.29) is 18.9 Å². The highest BCUT2D eigenvalue weighted by molar-refractivity contribution is 5.77. The van der Waals surface area contributed by atoms with Gasteiger partial charge in [-0.15, -0.1) is 0 Å². The van der Waals surface area contributed by atoms with Gasteiger partial charge in [0, 0.05) is 24.6 Å². The third kappa shape index (κ3) is 2.62. The summed E-state index contributed by atoms with van der Waals surface area (Å²) in [7, 11) is 0. The van der Waals surface area contributed by atoms with Gasteiger partial charge in [-0.3, -0.25) is 4.79 Å². The Kier molecular flexibility index (Phi) is 3.61. The van der Waals surface area contributed by atoms with Gasteiger partial charge in [-0.25, -0.2) is 13.8 Å². The molecule has 6 heteroatoms. The molecular formula is C15H16F2N2O2. The van der Waals surface area contributed by atoms with Crippen LogP contribution in [-0.2, 0) is 11.3 Å². The minimum atomic E-state index is -0.933. The maximum Gasteiger partial charge on any atom is 0.305 e. The van der Waals surface area contributed by atoms with Crippen molar-refractivity contribution < 1.29 is 18.7 Å². The van der Waals surface area contributed by atoms with Crippen LogP contribution in [0, 0.1) is 11.6 Å². The summed E-state index contributed by atoms with van der Waals surface area (Å²) in [6.07, 6.45) is 4.12. The van der Waals surface area contributed by atoms with E-state index >= 15 is 0 Å². The maximum atomic E-state index is 13.5. The van der Waals surface area contributed by atoms with Gasteiger partial charge in [0.15, 0.2) is 11.6 Å². The van der Waals surface area contributed by atoms with Gasteiger partial charge >= 0.3 is 5.97 Å². The van der Waals surface area contributed by atoms with Crippen LogP contribution in [0.4, 0.5) is 8.78 Å². The quantitative estimate of drug-likeness (QED) is 0.939. The van der Waals surface area contributed by atoms with Crippen molar-refractivity contribution in [3.8, 4) is 0 Å². The van der Waals surface area contributed by atoms with Gasteiger partial charge in [0.2, 0.25) is 0 Å². The van der Waals surface area contributed by atoms with E-state index in [1.807, 2.05) is 0 Å². The lowest BCUT2D eigenvalue weighted by molar-refractivity contribution is -0.137. The second kappa shape index (κ2) is 5.42. The molecule has 1 saturated carbocycles. The fraction of sp³-hybridized carbons (Fsp3) is 0.467. The van der Waals surface area contributed by atoms with Crippen LogP contribution < -0.4 is 0 Å². The van der Waals surface area contributed by atoms with Crippen LogP contribution in [0.25, 0.3) is 11.0 Å². The van der Waals surface area contributed by atoms with E-state index in [9.17, 15) is 13.6 Å². The highest BCUT2D eigenvalue weighted by atomic mass is 19.2. The second-order valence-corrected chi connectivity index (χ2v) is 5.50. The first kappa shape index (κ1) is 14.0. The molecule has 4 nitrogen and oxygen atoms in total. The Morgan fingerprint density at radius 3 is 2.62 bits per heavy atom. The number of halogens is 2. The largest absolute Gasteiger partial charge is 0.481 e. The lowest BCUT2D eigenvalue weighted by Crippen LogP contribution is -2.10. The van der Waals surface area contributed by atoms with Crippen molar-refractivity contribution in [2.24, 2.45) is 0 Å². The van der Waals surface area contributed by atoms with E-state index in [1.54, 1.807) is 4.57 Å². The molecule has 0 atom stereocenters. The Morgan fingerprint density at radius 2 is 1.95 bits per heavy atom. The third-order valence-electron chi connectivity index (χ3n) is 4.09. The van der Waals surface area contributed by atoms with Crippen LogP contribution in [0.1, 0.15) is 43.8 Å². The smallest absolute Gasteiger partial charge is 0.305 e. The molecule has 0 bridgehead atoms. The van der Waals surface area contributed by atoms with Crippen molar-refractivity contribution >= 4 is 17.0 Å². The average Bonchev–Trinajstić information content (AvgIpc) is 3.04. The van der Waals surface area contributed by atoms with E-state index in [0.29, 0.717) is 11.0 Å². The number of carbonyl (C=O) groups is 1. The molecule has 0 radical (unpaired) electrons. The van der Waals surface area contributed by atoms with E-state index in [0.717, 1.165) is 43.6 Å². The van der Waals surface area contributed by atoms with Gasteiger partial charge in [-0.05, 0) is 12.8 Å². The highest BCUT2D eigenvalue weighted by Gasteiger charge is 2.24. The normalized spacial score (nSPS) is 15.9. The first-order valence-electron chi connectivity index (χ1n) is 7.13. The first-order chi connectivity index (χ1) is 10.1. The zero-order valence-electron chi connectivity index (χ0n) is 11.5. The van der Waals surface area contributed by atoms with Gasteiger partial charge in [-0.2, -0.15) is 0 Å². The summed E-state index contributed by atoms with van der Waals surface area (Å²) in [5, 5.41) is 8.87. The standard InChI is InChI=1S/C15H16F2N2O2/c16-10-7-12-13(8-11(10)17)19(6-5-14(20)21)15(18-12)9-3-1-2-4-9/h7-9H,1-6H2,(H,20,21). The number of aromatic nitrogens is 2. The van der Waals surface area contributed by atoms with Crippen LogP contribution >= 0.6 is 0 Å². The van der Waals surface area contributed by atoms with Crippen LogP contribution in [0.15, 0.2) is 12.1 Å². The summed E-state index contributed by atoms with van der Waals surface area (Å²) in [6, 6.07) is 2.19. The maximum absolute atomic E-state index is 13.5. The summed E-state index contributed by atoms with van der Waals surface area (Å²) in [6.45, 7) is 0.225. The van der Waals surface area contributed by atoms with Crippen LogP contribution in [0.2, 0.25) is 0 Å². The lowest BCUT2D eigenvalue weighted by atomic mass is 10.1. The van der Waals surface area contributed by atoms with Crippen molar-refractivity contribution in [2.45, 2.75) is 44.6 Å². The van der Waals surface area contributed by atoms with Gasteiger partial charge < -0.3 is 9.67 Å². The van der Waals surface area contributed by atoms with Crippen molar-refractivity contribution in [1.29, 1.82) is 0 Å². The molecule has 3 rings (SSSR count). The molecule has 0 amide bonds. The van der Waals surface area contributed by atoms with Crippen molar-refractivity contribution in [3.63, 3.8) is 0 Å². The van der Waals surface area contributed by atoms with E-state index in [4.69, 9.17) is 5.11 Å². The molecule has 1 aliphatic rings. The minimum Gasteiger partial charge on any atom is -0.481 e. The fourth-order valence-corrected chi connectivity index (χ4v) is 3.08. The molecule has 0 spiro atoms. The number of hydrogen-bond donors (Lipinski definition) is 1. The number of carboxylic acid groups (broad SMARTS) is 1. The first-order valence-corrected chi connectivity index (χ1v) is 7.13. The monoisotopic (exact) mass is 294 g/mol. The number of nitrogens with zero attached hydrogens (tertiary/aromatic N) is 2. The summed E-state index contributed by atoms with van der Waals surface area (Å²) in [5.74, 6) is -1.77. The summed E-state index contributed by atoms with van der Waals surface area (Å²) >= 11 is 0. The Hall–Kier alpha value is -1.98. The molecule has 0 aliphatic heterocycles. The summed E-state index contributed by atoms with van der Waals surface area (Å²) in [4.78, 5) is 15.3. The van der Waals surface area contributed by atoms with E-state index in [2.05, 4.69) is 4.98 Å². The Labute approximate surface area is 120 Å². The fourth-order valence-electron chi connectivity index (χ4n) is 3.08. The number of benzene rings is 1. The van der Waals surface area contributed by atoms with Crippen molar-refractivity contribution in [3.05, 3.63) is 29.6 Å².